The van der Waals surface area contributed by atoms with Crippen molar-refractivity contribution in [2.24, 2.45) is 38.7 Å². The first-order valence-corrected chi connectivity index (χ1v) is 10.5. The predicted octanol–water partition coefficient (Wildman–Crippen LogP) is -4.93. The number of carboxylic acid groups (broad SMARTS) is 2. The summed E-state index contributed by atoms with van der Waals surface area (Å²) in [7, 11) is 0. The zero-order valence-electron chi connectivity index (χ0n) is 19.1. The summed E-state index contributed by atoms with van der Waals surface area (Å²) in [5.41, 5.74) is 26.5. The summed E-state index contributed by atoms with van der Waals surface area (Å²) in [6, 6.07) is -3.85. The van der Waals surface area contributed by atoms with Crippen molar-refractivity contribution in [2.75, 3.05) is 19.6 Å². The van der Waals surface area contributed by atoms with Crippen LogP contribution in [0.25, 0.3) is 0 Å². The minimum Gasteiger partial charge on any atom is -0.481 e. The van der Waals surface area contributed by atoms with Crippen molar-refractivity contribution in [3.8, 4) is 0 Å². The SMILES string of the molecule is NC(N)=NCCCC(N)C(=O)NC(CC(=O)O)C(=O)NCC(=O)NC(CCCN=C(N)N)C(=O)O. The molecule has 0 aromatic heterocycles. The summed E-state index contributed by atoms with van der Waals surface area (Å²) in [6.07, 6.45) is 0.0266. The first kappa shape index (κ1) is 30.8. The molecule has 0 aliphatic heterocycles. The quantitative estimate of drug-likeness (QED) is 0.0508. The average Bonchev–Trinajstić information content (AvgIpc) is 2.75. The molecule has 35 heavy (non-hydrogen) atoms. The van der Waals surface area contributed by atoms with E-state index in [1.54, 1.807) is 0 Å². The van der Waals surface area contributed by atoms with E-state index in [1.165, 1.54) is 0 Å². The lowest BCUT2D eigenvalue weighted by Gasteiger charge is -2.20. The standard InChI is InChI=1S/C18H34N10O7/c19-9(3-1-5-24-17(20)21)14(32)28-11(7-13(30)31)15(33)26-8-12(29)27-10(16(34)35)4-2-6-25-18(22)23/h9-11H,1-8,19H2,(H,26,33)(H,27,29)(H,28,32)(H,30,31)(H,34,35)(H4,20,21,24)(H4,22,23,25). The van der Waals surface area contributed by atoms with E-state index in [0.717, 1.165) is 0 Å². The van der Waals surface area contributed by atoms with Crippen LogP contribution in [-0.4, -0.2) is 89.6 Å². The van der Waals surface area contributed by atoms with Gasteiger partial charge in [0.2, 0.25) is 17.7 Å². The van der Waals surface area contributed by atoms with Crippen molar-refractivity contribution in [2.45, 2.75) is 50.2 Å². The Labute approximate surface area is 200 Å². The van der Waals surface area contributed by atoms with Crippen LogP contribution >= 0.6 is 0 Å². The summed E-state index contributed by atoms with van der Waals surface area (Å²) < 4.78 is 0. The van der Waals surface area contributed by atoms with Crippen molar-refractivity contribution >= 4 is 41.6 Å². The summed E-state index contributed by atoms with van der Waals surface area (Å²) >= 11 is 0. The molecule has 0 aromatic carbocycles. The number of hydrogen-bond donors (Lipinski definition) is 10. The molecule has 15 N–H and O–H groups in total. The molecular formula is C18H34N10O7. The number of rotatable bonds is 17. The third-order valence-corrected chi connectivity index (χ3v) is 4.32. The van der Waals surface area contributed by atoms with E-state index in [9.17, 15) is 29.1 Å². The number of guanidine groups is 2. The molecule has 0 spiro atoms. The van der Waals surface area contributed by atoms with Crippen LogP contribution in [0.5, 0.6) is 0 Å². The van der Waals surface area contributed by atoms with Crippen molar-refractivity contribution in [1.29, 1.82) is 0 Å². The van der Waals surface area contributed by atoms with Gasteiger partial charge in [-0.3, -0.25) is 29.2 Å². The Hall–Kier alpha value is -4.15. The van der Waals surface area contributed by atoms with E-state index in [4.69, 9.17) is 33.8 Å². The van der Waals surface area contributed by atoms with Gasteiger partial charge in [-0.25, -0.2) is 4.79 Å². The van der Waals surface area contributed by atoms with Gasteiger partial charge in [0.15, 0.2) is 11.9 Å². The number of carbonyl (C=O) groups excluding carboxylic acids is 3. The summed E-state index contributed by atoms with van der Waals surface area (Å²) in [6.45, 7) is -0.276. The molecule has 0 fully saturated rings. The third kappa shape index (κ3) is 15.3. The number of hydrogen-bond acceptors (Lipinski definition) is 8. The van der Waals surface area contributed by atoms with Crippen molar-refractivity contribution < 1.29 is 34.2 Å². The maximum atomic E-state index is 12.4. The van der Waals surface area contributed by atoms with Crippen LogP contribution in [0.4, 0.5) is 0 Å². The number of aliphatic imine (C=N–C) groups is 2. The minimum absolute atomic E-state index is 0.0184. The lowest BCUT2D eigenvalue weighted by Crippen LogP contribution is -2.54. The predicted molar refractivity (Wildman–Crippen MR) is 125 cm³/mol. The maximum Gasteiger partial charge on any atom is 0.326 e. The fraction of sp³-hybridized carbons (Fsp3) is 0.611. The second-order valence-electron chi connectivity index (χ2n) is 7.34. The van der Waals surface area contributed by atoms with Gasteiger partial charge < -0.3 is 54.8 Å². The second kappa shape index (κ2) is 16.5. The fourth-order valence-corrected chi connectivity index (χ4v) is 2.61. The molecule has 0 heterocycles. The van der Waals surface area contributed by atoms with E-state index in [0.29, 0.717) is 6.42 Å². The minimum atomic E-state index is -1.52. The van der Waals surface area contributed by atoms with Crippen LogP contribution in [0.15, 0.2) is 9.98 Å². The molecule has 17 nitrogen and oxygen atoms in total. The van der Waals surface area contributed by atoms with Gasteiger partial charge in [0.25, 0.3) is 0 Å². The molecule has 0 radical (unpaired) electrons. The van der Waals surface area contributed by atoms with Gasteiger partial charge in [0, 0.05) is 13.1 Å². The van der Waals surface area contributed by atoms with Crippen LogP contribution in [0.3, 0.4) is 0 Å². The monoisotopic (exact) mass is 502 g/mol. The number of nitrogens with two attached hydrogens (primary N) is 5. The van der Waals surface area contributed by atoms with Gasteiger partial charge in [-0.05, 0) is 25.7 Å². The average molecular weight is 503 g/mol. The third-order valence-electron chi connectivity index (χ3n) is 4.32. The van der Waals surface area contributed by atoms with E-state index in [1.807, 2.05) is 0 Å². The number of carbonyl (C=O) groups is 5. The molecule has 0 saturated heterocycles. The molecule has 0 saturated carbocycles. The molecule has 198 valence electrons. The molecule has 0 aliphatic carbocycles. The molecule has 0 aromatic rings. The van der Waals surface area contributed by atoms with Crippen LogP contribution in [0.1, 0.15) is 32.1 Å². The normalized spacial score (nSPS) is 12.8. The van der Waals surface area contributed by atoms with Crippen LogP contribution in [-0.2, 0) is 24.0 Å². The van der Waals surface area contributed by atoms with Gasteiger partial charge in [0.05, 0.1) is 19.0 Å². The van der Waals surface area contributed by atoms with Crippen LogP contribution in [0.2, 0.25) is 0 Å². The number of nitrogens with zero attached hydrogens (tertiary/aromatic N) is 2. The molecule has 3 amide bonds. The Morgan fingerprint density at radius 3 is 1.80 bits per heavy atom. The number of aliphatic carboxylic acids is 2. The lowest BCUT2D eigenvalue weighted by molar-refractivity contribution is -0.142. The van der Waals surface area contributed by atoms with Crippen molar-refractivity contribution in [3.05, 3.63) is 0 Å². The smallest absolute Gasteiger partial charge is 0.326 e. The summed E-state index contributed by atoms with van der Waals surface area (Å²) in [5, 5.41) is 24.9. The number of nitrogens with one attached hydrogen (secondary N) is 3. The van der Waals surface area contributed by atoms with Gasteiger partial charge in [-0.2, -0.15) is 0 Å². The molecular weight excluding hydrogens is 468 g/mol. The number of carboxylic acids is 2. The largest absolute Gasteiger partial charge is 0.481 e. The highest BCUT2D eigenvalue weighted by molar-refractivity contribution is 5.94. The Balaban J connectivity index is 4.80. The van der Waals surface area contributed by atoms with Gasteiger partial charge in [-0.1, -0.05) is 0 Å². The molecule has 3 atom stereocenters. The Bertz CT molecular complexity index is 809. The first-order valence-electron chi connectivity index (χ1n) is 10.5. The van der Waals surface area contributed by atoms with E-state index in [2.05, 4.69) is 25.9 Å². The van der Waals surface area contributed by atoms with E-state index < -0.39 is 60.8 Å². The molecule has 0 aliphatic rings. The van der Waals surface area contributed by atoms with Crippen LogP contribution in [0, 0.1) is 0 Å². The van der Waals surface area contributed by atoms with Crippen molar-refractivity contribution in [1.82, 2.24) is 16.0 Å². The highest BCUT2D eigenvalue weighted by atomic mass is 16.4. The fourth-order valence-electron chi connectivity index (χ4n) is 2.61. The zero-order valence-corrected chi connectivity index (χ0v) is 19.1. The Kier molecular flexibility index (Phi) is 14.5. The van der Waals surface area contributed by atoms with Crippen LogP contribution < -0.4 is 44.6 Å². The zero-order chi connectivity index (χ0) is 27.0. The first-order chi connectivity index (χ1) is 16.3. The maximum absolute atomic E-state index is 12.4. The second-order valence-corrected chi connectivity index (χ2v) is 7.34. The molecule has 0 bridgehead atoms. The van der Waals surface area contributed by atoms with E-state index >= 15 is 0 Å². The molecule has 17 heteroatoms. The lowest BCUT2D eigenvalue weighted by atomic mass is 10.1. The number of amides is 3. The van der Waals surface area contributed by atoms with Gasteiger partial charge >= 0.3 is 11.9 Å². The van der Waals surface area contributed by atoms with Gasteiger partial charge in [0.1, 0.15) is 12.1 Å². The topological polar surface area (TPSA) is 317 Å². The summed E-state index contributed by atoms with van der Waals surface area (Å²) in [5.74, 6) is -5.56. The Morgan fingerprint density at radius 2 is 1.31 bits per heavy atom. The highest BCUT2D eigenvalue weighted by Gasteiger charge is 2.27. The highest BCUT2D eigenvalue weighted by Crippen LogP contribution is 2.00. The molecule has 3 unspecified atom stereocenters. The summed E-state index contributed by atoms with van der Waals surface area (Å²) in [4.78, 5) is 66.5. The van der Waals surface area contributed by atoms with Gasteiger partial charge in [-0.15, -0.1) is 0 Å². The Morgan fingerprint density at radius 1 is 0.771 bits per heavy atom. The van der Waals surface area contributed by atoms with Crippen molar-refractivity contribution in [3.63, 3.8) is 0 Å². The van der Waals surface area contributed by atoms with E-state index in [-0.39, 0.29) is 44.3 Å². The molecule has 0 rings (SSSR count).